The van der Waals surface area contributed by atoms with E-state index in [9.17, 15) is 9.90 Å². The van der Waals surface area contributed by atoms with Crippen molar-refractivity contribution in [3.63, 3.8) is 0 Å². The Morgan fingerprint density at radius 2 is 1.40 bits per heavy atom. The van der Waals surface area contributed by atoms with Crippen LogP contribution in [0.5, 0.6) is 0 Å². The molecule has 0 rings (SSSR count). The second-order valence-corrected chi connectivity index (χ2v) is 12.0. The Morgan fingerprint density at radius 1 is 1.00 bits per heavy atom. The van der Waals surface area contributed by atoms with Crippen LogP contribution in [0.15, 0.2) is 0 Å². The van der Waals surface area contributed by atoms with E-state index in [2.05, 4.69) is 20.8 Å². The SMILES string of the molecule is CCCCP(CCCC)(CCCC)(CC(C)O)OC=O. The van der Waals surface area contributed by atoms with Crippen LogP contribution >= 0.6 is 6.83 Å². The number of hydrogen-bond donors (Lipinski definition) is 1. The monoisotopic (exact) mass is 306 g/mol. The fourth-order valence-electron chi connectivity index (χ4n) is 3.27. The van der Waals surface area contributed by atoms with Crippen LogP contribution in [0.4, 0.5) is 0 Å². The molecule has 0 aromatic rings. The number of aliphatic hydroxyl groups excluding tert-OH is 1. The zero-order valence-electron chi connectivity index (χ0n) is 13.9. The summed E-state index contributed by atoms with van der Waals surface area (Å²) < 4.78 is 5.92. The first-order valence-electron chi connectivity index (χ1n) is 8.28. The van der Waals surface area contributed by atoms with Gasteiger partial charge in [-0.25, -0.2) is 0 Å². The molecule has 0 aliphatic heterocycles. The van der Waals surface area contributed by atoms with Gasteiger partial charge in [0.1, 0.15) is 0 Å². The van der Waals surface area contributed by atoms with Crippen LogP contribution in [0.2, 0.25) is 0 Å². The molecule has 0 bridgehead atoms. The van der Waals surface area contributed by atoms with Gasteiger partial charge in [-0.2, -0.15) is 0 Å². The van der Waals surface area contributed by atoms with E-state index in [1.807, 2.05) is 6.92 Å². The zero-order chi connectivity index (χ0) is 15.5. The Bertz CT molecular complexity index is 242. The molecule has 0 amide bonds. The van der Waals surface area contributed by atoms with Crippen LogP contribution in [0.1, 0.15) is 66.2 Å². The second-order valence-electron chi connectivity index (χ2n) is 6.32. The first-order chi connectivity index (χ1) is 9.47. The Morgan fingerprint density at radius 3 is 1.65 bits per heavy atom. The van der Waals surface area contributed by atoms with E-state index in [1.54, 1.807) is 0 Å². The van der Waals surface area contributed by atoms with Gasteiger partial charge in [0, 0.05) is 0 Å². The van der Waals surface area contributed by atoms with Crippen molar-refractivity contribution in [3.05, 3.63) is 0 Å². The molecule has 0 saturated carbocycles. The summed E-state index contributed by atoms with van der Waals surface area (Å²) in [6, 6.07) is 0. The quantitative estimate of drug-likeness (QED) is 0.405. The van der Waals surface area contributed by atoms with Crippen LogP contribution in [-0.2, 0) is 9.32 Å². The molecule has 0 aliphatic rings. The standard InChI is InChI=1S/C16H35O3P/c1-5-8-11-20(19-15-17,12-9-6-2,13-10-7-3)14-16(4)18/h15-16,18H,5-14H2,1-4H3. The van der Waals surface area contributed by atoms with E-state index in [0.29, 0.717) is 12.6 Å². The summed E-state index contributed by atoms with van der Waals surface area (Å²) in [6.45, 7) is 6.45. The molecule has 0 fully saturated rings. The summed E-state index contributed by atoms with van der Waals surface area (Å²) in [5.74, 6) is 0. The van der Waals surface area contributed by atoms with E-state index in [-0.39, 0.29) is 0 Å². The number of carbonyl (C=O) groups is 1. The van der Waals surface area contributed by atoms with Crippen LogP contribution in [0, 0.1) is 0 Å². The Balaban J connectivity index is 5.43. The molecule has 122 valence electrons. The molecular formula is C16H35O3P. The topological polar surface area (TPSA) is 46.5 Å². The molecule has 1 unspecified atom stereocenters. The van der Waals surface area contributed by atoms with Crippen molar-refractivity contribution in [2.45, 2.75) is 72.3 Å². The molecule has 4 heteroatoms. The van der Waals surface area contributed by atoms with Crippen LogP contribution in [-0.4, -0.2) is 42.3 Å². The van der Waals surface area contributed by atoms with Crippen molar-refractivity contribution < 1.29 is 14.4 Å². The van der Waals surface area contributed by atoms with Gasteiger partial charge in [-0.05, 0) is 0 Å². The van der Waals surface area contributed by atoms with Gasteiger partial charge in [-0.1, -0.05) is 0 Å². The first kappa shape index (κ1) is 19.9. The number of hydrogen-bond acceptors (Lipinski definition) is 3. The molecule has 1 atom stereocenters. The van der Waals surface area contributed by atoms with Crippen molar-refractivity contribution in [2.75, 3.05) is 24.6 Å². The van der Waals surface area contributed by atoms with Crippen LogP contribution in [0.25, 0.3) is 0 Å². The van der Waals surface area contributed by atoms with Crippen molar-refractivity contribution in [1.29, 1.82) is 0 Å². The number of unbranched alkanes of at least 4 members (excludes halogenated alkanes) is 3. The number of aliphatic hydroxyl groups is 1. The fourth-order valence-corrected chi connectivity index (χ4v) is 9.82. The Kier molecular flexibility index (Phi) is 9.67. The van der Waals surface area contributed by atoms with Gasteiger partial charge in [0.25, 0.3) is 0 Å². The van der Waals surface area contributed by atoms with Crippen molar-refractivity contribution in [1.82, 2.24) is 0 Å². The third kappa shape index (κ3) is 6.10. The van der Waals surface area contributed by atoms with Crippen molar-refractivity contribution >= 4 is 13.3 Å². The second kappa shape index (κ2) is 9.73. The van der Waals surface area contributed by atoms with Gasteiger partial charge < -0.3 is 0 Å². The summed E-state index contributed by atoms with van der Waals surface area (Å²) in [5, 5.41) is 10.0. The molecule has 1 N–H and O–H groups in total. The van der Waals surface area contributed by atoms with Gasteiger partial charge in [0.15, 0.2) is 0 Å². The molecule has 0 heterocycles. The number of carbonyl (C=O) groups excluding carboxylic acids is 1. The van der Waals surface area contributed by atoms with Crippen molar-refractivity contribution in [3.8, 4) is 0 Å². The Hall–Kier alpha value is -0.140. The average molecular weight is 306 g/mol. The molecule has 0 aliphatic carbocycles. The summed E-state index contributed by atoms with van der Waals surface area (Å²) in [4.78, 5) is 11.2. The number of rotatable bonds is 13. The van der Waals surface area contributed by atoms with E-state index in [0.717, 1.165) is 57.0 Å². The molecule has 0 radical (unpaired) electrons. The van der Waals surface area contributed by atoms with Crippen LogP contribution in [0.3, 0.4) is 0 Å². The fraction of sp³-hybridized carbons (Fsp3) is 0.938. The third-order valence-electron chi connectivity index (χ3n) is 4.30. The van der Waals surface area contributed by atoms with Gasteiger partial charge in [-0.3, -0.25) is 0 Å². The Labute approximate surface area is 125 Å². The van der Waals surface area contributed by atoms with E-state index in [1.165, 1.54) is 0 Å². The summed E-state index contributed by atoms with van der Waals surface area (Å²) in [7, 11) is 0. The third-order valence-corrected chi connectivity index (χ3v) is 10.8. The minimum atomic E-state index is -2.58. The van der Waals surface area contributed by atoms with Gasteiger partial charge in [0.2, 0.25) is 0 Å². The van der Waals surface area contributed by atoms with E-state index < -0.39 is 12.9 Å². The van der Waals surface area contributed by atoms with Gasteiger partial charge >= 0.3 is 125 Å². The maximum atomic E-state index is 11.2. The summed E-state index contributed by atoms with van der Waals surface area (Å²) >= 11 is 0. The predicted octanol–water partition coefficient (Wildman–Crippen LogP) is 4.41. The maximum absolute atomic E-state index is 11.2. The zero-order valence-corrected chi connectivity index (χ0v) is 14.8. The molecule has 3 nitrogen and oxygen atoms in total. The van der Waals surface area contributed by atoms with E-state index in [4.69, 9.17) is 4.52 Å². The molecule has 20 heavy (non-hydrogen) atoms. The molecule has 0 spiro atoms. The molecule has 0 aromatic carbocycles. The summed E-state index contributed by atoms with van der Waals surface area (Å²) in [6.07, 6.45) is 9.86. The molecular weight excluding hydrogens is 271 g/mol. The van der Waals surface area contributed by atoms with Crippen LogP contribution < -0.4 is 0 Å². The van der Waals surface area contributed by atoms with E-state index >= 15 is 0 Å². The first-order valence-corrected chi connectivity index (χ1v) is 11.2. The normalized spacial score (nSPS) is 15.3. The van der Waals surface area contributed by atoms with Gasteiger partial charge in [-0.15, -0.1) is 0 Å². The minimum absolute atomic E-state index is 0.391. The van der Waals surface area contributed by atoms with Gasteiger partial charge in [0.05, 0.1) is 0 Å². The average Bonchev–Trinajstić information content (AvgIpc) is 2.41. The van der Waals surface area contributed by atoms with Crippen molar-refractivity contribution in [2.24, 2.45) is 0 Å². The molecule has 0 aromatic heterocycles. The predicted molar refractivity (Wildman–Crippen MR) is 89.9 cm³/mol. The molecule has 0 saturated heterocycles. The summed E-state index contributed by atoms with van der Waals surface area (Å²) in [5.41, 5.74) is 0.